The maximum Gasteiger partial charge on any atom is 0.246 e. The van der Waals surface area contributed by atoms with Crippen molar-refractivity contribution in [1.29, 1.82) is 0 Å². The maximum absolute atomic E-state index is 11.9. The second-order valence-electron chi connectivity index (χ2n) is 8.86. The van der Waals surface area contributed by atoms with Crippen LogP contribution in [-0.2, 0) is 17.6 Å². The summed E-state index contributed by atoms with van der Waals surface area (Å²) in [4.78, 5) is 25.4. The molecule has 3 heterocycles. The Bertz CT molecular complexity index is 1200. The highest BCUT2D eigenvalue weighted by molar-refractivity contribution is 6.32. The topological polar surface area (TPSA) is 78.0 Å². The van der Waals surface area contributed by atoms with Gasteiger partial charge in [0.1, 0.15) is 12.1 Å². The molecule has 0 unspecified atom stereocenters. The van der Waals surface area contributed by atoms with Gasteiger partial charge < -0.3 is 9.80 Å². The molecule has 1 aliphatic heterocycles. The summed E-state index contributed by atoms with van der Waals surface area (Å²) in [6.45, 7) is 10.9. The fraction of sp³-hybridized carbons (Fsp3) is 0.417. The smallest absolute Gasteiger partial charge is 0.246 e. The lowest BCUT2D eigenvalue weighted by Crippen LogP contribution is -2.49. The van der Waals surface area contributed by atoms with Crippen molar-refractivity contribution >= 4 is 34.2 Å². The molecule has 0 saturated carbocycles. The molecule has 2 aromatic heterocycles. The molecule has 1 amide bonds. The predicted molar refractivity (Wildman–Crippen MR) is 126 cm³/mol. The molecule has 166 valence electrons. The molecular formula is C24H27ClN6O. The first-order valence-corrected chi connectivity index (χ1v) is 11.5. The van der Waals surface area contributed by atoms with Crippen LogP contribution in [0.1, 0.15) is 35.2 Å². The third-order valence-corrected chi connectivity index (χ3v) is 7.46. The highest BCUT2D eigenvalue weighted by atomic mass is 35.5. The average Bonchev–Trinajstić information content (AvgIpc) is 3.27. The second-order valence-corrected chi connectivity index (χ2v) is 9.27. The molecule has 2 aliphatic rings. The molecule has 5 rings (SSSR count). The highest BCUT2D eigenvalue weighted by Gasteiger charge is 2.34. The summed E-state index contributed by atoms with van der Waals surface area (Å²) in [5, 5.41) is 9.24. The van der Waals surface area contributed by atoms with Gasteiger partial charge in [-0.05, 0) is 54.9 Å². The van der Waals surface area contributed by atoms with E-state index >= 15 is 0 Å². The van der Waals surface area contributed by atoms with Crippen LogP contribution in [0.25, 0.3) is 10.9 Å². The number of hydrogen-bond donors (Lipinski definition) is 1. The number of aromatic nitrogens is 4. The van der Waals surface area contributed by atoms with Crippen molar-refractivity contribution in [1.82, 2.24) is 25.1 Å². The lowest BCUT2D eigenvalue weighted by Gasteiger charge is -2.38. The molecular weight excluding hydrogens is 424 g/mol. The lowest BCUT2D eigenvalue weighted by molar-refractivity contribution is -0.126. The maximum atomic E-state index is 11.9. The van der Waals surface area contributed by atoms with E-state index in [1.54, 1.807) is 6.33 Å². The summed E-state index contributed by atoms with van der Waals surface area (Å²) in [6.07, 6.45) is 6.74. The van der Waals surface area contributed by atoms with E-state index in [0.29, 0.717) is 24.9 Å². The number of amides is 1. The number of halogens is 1. The molecule has 8 heteroatoms. The molecule has 1 N–H and O–H groups in total. The number of nitrogens with zero attached hydrogens (tertiary/aromatic N) is 5. The van der Waals surface area contributed by atoms with Gasteiger partial charge in [-0.1, -0.05) is 25.1 Å². The van der Waals surface area contributed by atoms with Crippen LogP contribution in [0.5, 0.6) is 0 Å². The van der Waals surface area contributed by atoms with E-state index in [9.17, 15) is 4.79 Å². The van der Waals surface area contributed by atoms with Crippen molar-refractivity contribution in [2.75, 3.05) is 31.1 Å². The van der Waals surface area contributed by atoms with Gasteiger partial charge in [0.25, 0.3) is 0 Å². The van der Waals surface area contributed by atoms with Gasteiger partial charge in [-0.3, -0.25) is 9.89 Å². The summed E-state index contributed by atoms with van der Waals surface area (Å²) >= 11 is 6.57. The van der Waals surface area contributed by atoms with Crippen LogP contribution in [0.2, 0.25) is 5.02 Å². The van der Waals surface area contributed by atoms with Crippen LogP contribution in [0.4, 0.5) is 5.82 Å². The van der Waals surface area contributed by atoms with Gasteiger partial charge in [-0.25, -0.2) is 9.97 Å². The molecule has 3 aromatic rings. The summed E-state index contributed by atoms with van der Waals surface area (Å²) in [6, 6.07) is 1.96. The Balaban J connectivity index is 1.46. The lowest BCUT2D eigenvalue weighted by atomic mass is 9.73. The van der Waals surface area contributed by atoms with Crippen LogP contribution in [0.15, 0.2) is 31.2 Å². The zero-order valence-electron chi connectivity index (χ0n) is 18.4. The van der Waals surface area contributed by atoms with Gasteiger partial charge >= 0.3 is 0 Å². The molecule has 2 atom stereocenters. The van der Waals surface area contributed by atoms with E-state index in [-0.39, 0.29) is 5.91 Å². The third-order valence-electron chi connectivity index (χ3n) is 7.07. The van der Waals surface area contributed by atoms with Gasteiger partial charge in [-0.2, -0.15) is 5.10 Å². The first-order valence-electron chi connectivity index (χ1n) is 11.1. The van der Waals surface area contributed by atoms with E-state index < -0.39 is 0 Å². The Hall–Kier alpha value is -2.93. The van der Waals surface area contributed by atoms with Crippen molar-refractivity contribution < 1.29 is 4.79 Å². The largest absolute Gasteiger partial charge is 0.353 e. The predicted octanol–water partition coefficient (Wildman–Crippen LogP) is 3.67. The van der Waals surface area contributed by atoms with Crippen LogP contribution >= 0.6 is 11.6 Å². The summed E-state index contributed by atoms with van der Waals surface area (Å²) in [5.41, 5.74) is 5.72. The van der Waals surface area contributed by atoms with Crippen molar-refractivity contribution in [3.63, 3.8) is 0 Å². The molecule has 0 bridgehead atoms. The fourth-order valence-corrected chi connectivity index (χ4v) is 5.50. The Morgan fingerprint density at radius 2 is 2.03 bits per heavy atom. The minimum absolute atomic E-state index is 0.00622. The number of nitrogens with one attached hydrogen (secondary N) is 1. The second kappa shape index (κ2) is 8.20. The molecule has 1 aliphatic carbocycles. The average molecular weight is 451 g/mol. The number of hydrogen-bond acceptors (Lipinski definition) is 5. The van der Waals surface area contributed by atoms with E-state index in [0.717, 1.165) is 58.9 Å². The monoisotopic (exact) mass is 450 g/mol. The van der Waals surface area contributed by atoms with Crippen molar-refractivity contribution in [3.05, 3.63) is 58.7 Å². The number of H-pyrrole nitrogens is 1. The minimum Gasteiger partial charge on any atom is -0.353 e. The number of piperazine rings is 1. The van der Waals surface area contributed by atoms with Crippen molar-refractivity contribution in [2.24, 2.45) is 5.92 Å². The third kappa shape index (κ3) is 3.45. The number of aromatic amines is 1. The summed E-state index contributed by atoms with van der Waals surface area (Å²) in [5.74, 6) is 1.73. The van der Waals surface area contributed by atoms with Crippen LogP contribution in [0.3, 0.4) is 0 Å². The first kappa shape index (κ1) is 20.9. The number of anilines is 1. The zero-order valence-corrected chi connectivity index (χ0v) is 19.2. The number of carbonyl (C=O) groups excluding carboxylic acids is 1. The van der Waals surface area contributed by atoms with Gasteiger partial charge in [0.15, 0.2) is 0 Å². The molecule has 0 spiro atoms. The van der Waals surface area contributed by atoms with E-state index in [2.05, 4.69) is 45.5 Å². The molecule has 1 aromatic carbocycles. The van der Waals surface area contributed by atoms with Crippen molar-refractivity contribution in [3.8, 4) is 0 Å². The zero-order chi connectivity index (χ0) is 22.4. The van der Waals surface area contributed by atoms with Crippen LogP contribution in [-0.4, -0.2) is 57.2 Å². The standard InChI is InChI=1S/C24H27ClN6O/c1-4-22(32)30-5-7-31(8-6-30)24-17-9-14(2)16(10-20(17)26-13-27-24)23-15(3)19(25)11-21-18(23)12-28-29-21/h4,11-14,16H,1,5-10H2,2-3H3,(H,28,29)/t14-,16-/m1/s1. The van der Waals surface area contributed by atoms with Gasteiger partial charge in [0.05, 0.1) is 11.7 Å². The number of rotatable bonds is 3. The van der Waals surface area contributed by atoms with Crippen molar-refractivity contribution in [2.45, 2.75) is 32.6 Å². The molecule has 1 fully saturated rings. The van der Waals surface area contributed by atoms with E-state index in [1.807, 2.05) is 17.2 Å². The SMILES string of the molecule is C=CC(=O)N1CCN(c2ncnc3c2C[C@@H](C)[C@H](c2c(C)c(Cl)cc4[nH]ncc24)C3)CC1. The number of carbonyl (C=O) groups is 1. The highest BCUT2D eigenvalue weighted by Crippen LogP contribution is 2.43. The summed E-state index contributed by atoms with van der Waals surface area (Å²) in [7, 11) is 0. The quantitative estimate of drug-likeness (QED) is 0.616. The van der Waals surface area contributed by atoms with Gasteiger partial charge in [-0.15, -0.1) is 0 Å². The molecule has 1 saturated heterocycles. The molecule has 7 nitrogen and oxygen atoms in total. The Kier molecular flexibility index (Phi) is 5.37. The summed E-state index contributed by atoms with van der Waals surface area (Å²) < 4.78 is 0. The van der Waals surface area contributed by atoms with Gasteiger partial charge in [0, 0.05) is 47.8 Å². The van der Waals surface area contributed by atoms with Crippen LogP contribution in [0, 0.1) is 12.8 Å². The first-order chi connectivity index (χ1) is 15.5. The van der Waals surface area contributed by atoms with E-state index in [4.69, 9.17) is 11.6 Å². The van der Waals surface area contributed by atoms with Crippen LogP contribution < -0.4 is 4.90 Å². The molecule has 32 heavy (non-hydrogen) atoms. The normalized spacial score (nSPS) is 21.0. The Morgan fingerprint density at radius 3 is 2.78 bits per heavy atom. The fourth-order valence-electron chi connectivity index (χ4n) is 5.29. The molecule has 0 radical (unpaired) electrons. The number of fused-ring (bicyclic) bond motifs is 2. The van der Waals surface area contributed by atoms with E-state index in [1.165, 1.54) is 17.2 Å². The Labute approximate surface area is 192 Å². The number of benzene rings is 1. The Morgan fingerprint density at radius 1 is 1.25 bits per heavy atom. The minimum atomic E-state index is -0.00622. The van der Waals surface area contributed by atoms with Gasteiger partial charge in [0.2, 0.25) is 5.91 Å².